The van der Waals surface area contributed by atoms with Crippen LogP contribution in [0.1, 0.15) is 17.4 Å². The van der Waals surface area contributed by atoms with E-state index in [4.69, 9.17) is 52.8 Å². The zero-order valence-electron chi connectivity index (χ0n) is 9.68. The molecule has 0 saturated heterocycles. The summed E-state index contributed by atoms with van der Waals surface area (Å²) in [5.41, 5.74) is 10.2. The monoisotopic (exact) mass is 341 g/mol. The Balaban J connectivity index is 2.86. The number of halogens is 3. The molecule has 1 aromatic rings. The Morgan fingerprint density at radius 2 is 1.95 bits per heavy atom. The van der Waals surface area contributed by atoms with Crippen LogP contribution in [0, 0.1) is 0 Å². The van der Waals surface area contributed by atoms with Crippen LogP contribution in [0.25, 0.3) is 0 Å². The topological polar surface area (TPSA) is 92.1 Å². The lowest BCUT2D eigenvalue weighted by Crippen LogP contribution is -2.47. The largest absolute Gasteiger partial charge is 0.396 e. The summed E-state index contributed by atoms with van der Waals surface area (Å²) in [5.74, 6) is -0.643. The fourth-order valence-electron chi connectivity index (χ4n) is 1.06. The summed E-state index contributed by atoms with van der Waals surface area (Å²) in [6.07, 6.45) is 0. The maximum atomic E-state index is 11.8. The van der Waals surface area contributed by atoms with Crippen molar-refractivity contribution in [2.24, 2.45) is 0 Å². The standard InChI is InChI=1S/C9H10Cl3N5OS/c1-2-14-9(19)17-16-8(18)6-3(10)5(13)4(11)7(12)15-6/h2H2,1H3,(H2,13,15)(H,16,18)(H2,14,17,19). The van der Waals surface area contributed by atoms with Gasteiger partial charge in [0.25, 0.3) is 5.91 Å². The molecule has 0 atom stereocenters. The van der Waals surface area contributed by atoms with E-state index in [2.05, 4.69) is 21.2 Å². The van der Waals surface area contributed by atoms with Crippen LogP contribution >= 0.6 is 47.0 Å². The first-order valence-corrected chi connectivity index (χ1v) is 6.56. The third kappa shape index (κ3) is 3.97. The van der Waals surface area contributed by atoms with E-state index >= 15 is 0 Å². The molecule has 5 N–H and O–H groups in total. The number of amides is 1. The first kappa shape index (κ1) is 16.0. The van der Waals surface area contributed by atoms with Gasteiger partial charge in [0.2, 0.25) is 0 Å². The number of nitrogen functional groups attached to an aromatic ring is 1. The number of rotatable bonds is 2. The molecule has 0 saturated carbocycles. The number of hydrogen-bond donors (Lipinski definition) is 4. The molecule has 1 amide bonds. The number of hydrazine groups is 1. The molecular weight excluding hydrogens is 333 g/mol. The molecule has 1 rings (SSSR count). The predicted octanol–water partition coefficient (Wildman–Crippen LogP) is 1.75. The van der Waals surface area contributed by atoms with Crippen molar-refractivity contribution in [3.8, 4) is 0 Å². The van der Waals surface area contributed by atoms with Crippen molar-refractivity contribution in [2.45, 2.75) is 6.92 Å². The Morgan fingerprint density at radius 3 is 2.53 bits per heavy atom. The Hall–Kier alpha value is -1.02. The van der Waals surface area contributed by atoms with E-state index in [0.29, 0.717) is 6.54 Å². The van der Waals surface area contributed by atoms with E-state index in [1.807, 2.05) is 6.92 Å². The van der Waals surface area contributed by atoms with Crippen LogP contribution in [0.3, 0.4) is 0 Å². The van der Waals surface area contributed by atoms with E-state index < -0.39 is 5.91 Å². The lowest BCUT2D eigenvalue weighted by Gasteiger charge is -2.12. The molecule has 0 aliphatic carbocycles. The first-order valence-electron chi connectivity index (χ1n) is 5.02. The van der Waals surface area contributed by atoms with Gasteiger partial charge < -0.3 is 11.1 Å². The quantitative estimate of drug-likeness (QED) is 0.372. The highest BCUT2D eigenvalue weighted by Gasteiger charge is 2.19. The Bertz CT molecular complexity index is 525. The van der Waals surface area contributed by atoms with Crippen LogP contribution in [0.2, 0.25) is 15.2 Å². The molecular formula is C9H10Cl3N5OS. The van der Waals surface area contributed by atoms with Gasteiger partial charge in [-0.1, -0.05) is 34.8 Å². The first-order chi connectivity index (χ1) is 8.88. The van der Waals surface area contributed by atoms with Gasteiger partial charge in [0.15, 0.2) is 16.0 Å². The van der Waals surface area contributed by atoms with Crippen LogP contribution in [0.5, 0.6) is 0 Å². The Labute approximate surface area is 130 Å². The molecule has 0 spiro atoms. The number of pyridine rings is 1. The minimum Gasteiger partial charge on any atom is -0.396 e. The predicted molar refractivity (Wildman–Crippen MR) is 80.6 cm³/mol. The summed E-state index contributed by atoms with van der Waals surface area (Å²) >= 11 is 22.2. The molecule has 1 aromatic heterocycles. The van der Waals surface area contributed by atoms with Gasteiger partial charge in [-0.25, -0.2) is 4.98 Å². The number of aromatic nitrogens is 1. The summed E-state index contributed by atoms with van der Waals surface area (Å²) in [7, 11) is 0. The van der Waals surface area contributed by atoms with Gasteiger partial charge in [0.1, 0.15) is 5.02 Å². The van der Waals surface area contributed by atoms with Gasteiger partial charge in [0.05, 0.1) is 10.7 Å². The summed E-state index contributed by atoms with van der Waals surface area (Å²) in [6, 6.07) is 0. The highest BCUT2D eigenvalue weighted by atomic mass is 35.5. The Morgan fingerprint density at radius 1 is 1.32 bits per heavy atom. The van der Waals surface area contributed by atoms with Crippen molar-refractivity contribution in [3.05, 3.63) is 20.9 Å². The molecule has 10 heteroatoms. The van der Waals surface area contributed by atoms with Crippen molar-refractivity contribution < 1.29 is 4.79 Å². The second-order valence-corrected chi connectivity index (χ2v) is 4.75. The molecule has 0 unspecified atom stereocenters. The molecule has 0 aromatic carbocycles. The fraction of sp³-hybridized carbons (Fsp3) is 0.222. The number of anilines is 1. The second kappa shape index (κ2) is 6.95. The van der Waals surface area contributed by atoms with Crippen molar-refractivity contribution in [1.82, 2.24) is 21.2 Å². The molecule has 104 valence electrons. The van der Waals surface area contributed by atoms with E-state index in [9.17, 15) is 4.79 Å². The molecule has 1 heterocycles. The maximum absolute atomic E-state index is 11.8. The third-order valence-corrected chi connectivity index (χ3v) is 3.30. The maximum Gasteiger partial charge on any atom is 0.289 e. The summed E-state index contributed by atoms with van der Waals surface area (Å²) < 4.78 is 0. The smallest absolute Gasteiger partial charge is 0.289 e. The Kier molecular flexibility index (Phi) is 5.86. The lowest BCUT2D eigenvalue weighted by molar-refractivity contribution is 0.0939. The molecule has 0 radical (unpaired) electrons. The van der Waals surface area contributed by atoms with Gasteiger partial charge in [0, 0.05) is 6.54 Å². The molecule has 0 aliphatic rings. The number of nitrogens with two attached hydrogens (primary N) is 1. The number of thiocarbonyl (C=S) groups is 1. The van der Waals surface area contributed by atoms with Gasteiger partial charge in [-0.15, -0.1) is 0 Å². The van der Waals surface area contributed by atoms with Crippen molar-refractivity contribution in [1.29, 1.82) is 0 Å². The lowest BCUT2D eigenvalue weighted by atomic mass is 10.3. The molecule has 19 heavy (non-hydrogen) atoms. The minimum absolute atomic E-state index is 0.000605. The van der Waals surface area contributed by atoms with Gasteiger partial charge >= 0.3 is 0 Å². The summed E-state index contributed by atoms with van der Waals surface area (Å²) in [5, 5.41) is 2.84. The van der Waals surface area contributed by atoms with Gasteiger partial charge in [-0.2, -0.15) is 0 Å². The fourth-order valence-corrected chi connectivity index (χ4v) is 1.85. The van der Waals surface area contributed by atoms with E-state index in [1.54, 1.807) is 0 Å². The summed E-state index contributed by atoms with van der Waals surface area (Å²) in [6.45, 7) is 2.47. The van der Waals surface area contributed by atoms with Crippen molar-refractivity contribution >= 4 is 63.7 Å². The summed E-state index contributed by atoms with van der Waals surface area (Å²) in [4.78, 5) is 15.6. The zero-order chi connectivity index (χ0) is 14.6. The number of carbonyl (C=O) groups is 1. The molecule has 0 aliphatic heterocycles. The number of carbonyl (C=O) groups excluding carboxylic acids is 1. The third-order valence-electron chi connectivity index (χ3n) is 1.91. The highest BCUT2D eigenvalue weighted by Crippen LogP contribution is 2.34. The molecule has 6 nitrogen and oxygen atoms in total. The zero-order valence-corrected chi connectivity index (χ0v) is 12.8. The number of nitrogens with one attached hydrogen (secondary N) is 3. The van der Waals surface area contributed by atoms with Crippen LogP contribution in [-0.2, 0) is 0 Å². The minimum atomic E-state index is -0.643. The van der Waals surface area contributed by atoms with E-state index in [-0.39, 0.29) is 31.7 Å². The highest BCUT2D eigenvalue weighted by molar-refractivity contribution is 7.80. The number of hydrogen-bond acceptors (Lipinski definition) is 4. The second-order valence-electron chi connectivity index (χ2n) is 3.23. The van der Waals surface area contributed by atoms with Crippen LogP contribution in [-0.4, -0.2) is 22.5 Å². The van der Waals surface area contributed by atoms with E-state index in [1.165, 1.54) is 0 Å². The van der Waals surface area contributed by atoms with Crippen molar-refractivity contribution in [2.75, 3.05) is 12.3 Å². The molecule has 0 fully saturated rings. The molecule has 0 bridgehead atoms. The van der Waals surface area contributed by atoms with Crippen molar-refractivity contribution in [3.63, 3.8) is 0 Å². The SMILES string of the molecule is CCNC(=S)NNC(=O)c1nc(Cl)c(Cl)c(N)c1Cl. The van der Waals surface area contributed by atoms with Crippen LogP contribution < -0.4 is 21.9 Å². The van der Waals surface area contributed by atoms with Crippen LogP contribution in [0.15, 0.2) is 0 Å². The number of nitrogens with zero attached hydrogens (tertiary/aromatic N) is 1. The van der Waals surface area contributed by atoms with Crippen LogP contribution in [0.4, 0.5) is 5.69 Å². The van der Waals surface area contributed by atoms with Gasteiger partial charge in [-0.05, 0) is 19.1 Å². The average molecular weight is 343 g/mol. The normalized spacial score (nSPS) is 9.89. The van der Waals surface area contributed by atoms with Gasteiger partial charge in [-0.3, -0.25) is 15.6 Å². The van der Waals surface area contributed by atoms with E-state index in [0.717, 1.165) is 0 Å². The average Bonchev–Trinajstić information content (AvgIpc) is 2.38.